The molecule has 192 valence electrons. The molecule has 0 bridgehead atoms. The summed E-state index contributed by atoms with van der Waals surface area (Å²) >= 11 is 0. The predicted octanol–water partition coefficient (Wildman–Crippen LogP) is 4.08. The van der Waals surface area contributed by atoms with E-state index in [1.165, 1.54) is 24.2 Å². The fourth-order valence-electron chi connectivity index (χ4n) is 4.47. The minimum atomic E-state index is -0.436. The van der Waals surface area contributed by atoms with Crippen molar-refractivity contribution in [2.45, 2.75) is 52.1 Å². The SMILES string of the molecule is CC(C)(C)OC(=O)NCC1CCN(c2ccncc2)CC1.NCC1CCN(c2ccncc2)CC1. The summed E-state index contributed by atoms with van der Waals surface area (Å²) in [5.41, 5.74) is 7.74. The minimum Gasteiger partial charge on any atom is -0.444 e. The maximum Gasteiger partial charge on any atom is 0.407 e. The summed E-state index contributed by atoms with van der Waals surface area (Å²) in [7, 11) is 0. The van der Waals surface area contributed by atoms with Gasteiger partial charge in [0.05, 0.1) is 0 Å². The smallest absolute Gasteiger partial charge is 0.407 e. The highest BCUT2D eigenvalue weighted by atomic mass is 16.6. The molecule has 2 aliphatic heterocycles. The molecule has 8 heteroatoms. The van der Waals surface area contributed by atoms with Gasteiger partial charge in [-0.3, -0.25) is 9.97 Å². The van der Waals surface area contributed by atoms with Crippen LogP contribution in [0.15, 0.2) is 49.1 Å². The van der Waals surface area contributed by atoms with Gasteiger partial charge in [-0.05, 0) is 89.1 Å². The largest absolute Gasteiger partial charge is 0.444 e. The molecule has 2 aromatic heterocycles. The second kappa shape index (κ2) is 13.3. The van der Waals surface area contributed by atoms with Gasteiger partial charge in [-0.25, -0.2) is 4.79 Å². The zero-order valence-electron chi connectivity index (χ0n) is 21.5. The predicted molar refractivity (Wildman–Crippen MR) is 142 cm³/mol. The van der Waals surface area contributed by atoms with Gasteiger partial charge in [0.1, 0.15) is 5.60 Å². The molecule has 2 aliphatic rings. The molecule has 2 aromatic rings. The van der Waals surface area contributed by atoms with Gasteiger partial charge in [0.25, 0.3) is 0 Å². The monoisotopic (exact) mass is 482 g/mol. The Kier molecular flexibility index (Phi) is 10.1. The van der Waals surface area contributed by atoms with E-state index < -0.39 is 5.60 Å². The number of carbonyl (C=O) groups excluding carboxylic acids is 1. The number of hydrogen-bond acceptors (Lipinski definition) is 7. The second-order valence-corrected chi connectivity index (χ2v) is 10.4. The Hall–Kier alpha value is -2.87. The van der Waals surface area contributed by atoms with Crippen LogP contribution >= 0.6 is 0 Å². The third-order valence-electron chi connectivity index (χ3n) is 6.55. The van der Waals surface area contributed by atoms with E-state index in [-0.39, 0.29) is 6.09 Å². The van der Waals surface area contributed by atoms with E-state index in [0.717, 1.165) is 51.5 Å². The van der Waals surface area contributed by atoms with Crippen LogP contribution in [0, 0.1) is 11.8 Å². The lowest BCUT2D eigenvalue weighted by molar-refractivity contribution is 0.0517. The molecule has 0 radical (unpaired) electrons. The summed E-state index contributed by atoms with van der Waals surface area (Å²) in [5.74, 6) is 1.25. The normalized spacial score (nSPS) is 17.4. The molecular weight excluding hydrogens is 440 g/mol. The minimum absolute atomic E-state index is 0.320. The molecule has 2 saturated heterocycles. The van der Waals surface area contributed by atoms with Crippen molar-refractivity contribution in [3.63, 3.8) is 0 Å². The van der Waals surface area contributed by atoms with Crippen molar-refractivity contribution < 1.29 is 9.53 Å². The lowest BCUT2D eigenvalue weighted by Gasteiger charge is -2.33. The molecule has 0 aromatic carbocycles. The Morgan fingerprint density at radius 3 is 1.71 bits per heavy atom. The molecule has 4 heterocycles. The Balaban J connectivity index is 0.000000211. The molecule has 2 fully saturated rings. The first-order valence-corrected chi connectivity index (χ1v) is 12.8. The van der Waals surface area contributed by atoms with Crippen LogP contribution in [0.5, 0.6) is 0 Å². The molecule has 8 nitrogen and oxygen atoms in total. The molecule has 3 N–H and O–H groups in total. The van der Waals surface area contributed by atoms with Crippen LogP contribution in [0.2, 0.25) is 0 Å². The fraction of sp³-hybridized carbons (Fsp3) is 0.593. The zero-order chi connectivity index (χ0) is 25.1. The van der Waals surface area contributed by atoms with Crippen LogP contribution in [0.4, 0.5) is 16.2 Å². The fourth-order valence-corrected chi connectivity index (χ4v) is 4.47. The van der Waals surface area contributed by atoms with Crippen molar-refractivity contribution in [3.8, 4) is 0 Å². The van der Waals surface area contributed by atoms with E-state index in [2.05, 4.69) is 37.2 Å². The van der Waals surface area contributed by atoms with E-state index >= 15 is 0 Å². The number of nitrogens with two attached hydrogens (primary N) is 1. The topological polar surface area (TPSA) is 96.6 Å². The van der Waals surface area contributed by atoms with Gasteiger partial charge < -0.3 is 25.6 Å². The van der Waals surface area contributed by atoms with Crippen molar-refractivity contribution in [2.24, 2.45) is 17.6 Å². The number of hydrogen-bond donors (Lipinski definition) is 2. The Morgan fingerprint density at radius 1 is 0.886 bits per heavy atom. The molecule has 35 heavy (non-hydrogen) atoms. The molecular formula is C27H42N6O2. The molecule has 1 amide bonds. The third-order valence-corrected chi connectivity index (χ3v) is 6.55. The van der Waals surface area contributed by atoms with Crippen LogP contribution in [-0.4, -0.2) is 60.9 Å². The van der Waals surface area contributed by atoms with Crippen molar-refractivity contribution in [2.75, 3.05) is 49.1 Å². The summed E-state index contributed by atoms with van der Waals surface area (Å²) in [5, 5.41) is 2.87. The van der Waals surface area contributed by atoms with E-state index in [9.17, 15) is 4.79 Å². The maximum absolute atomic E-state index is 11.6. The molecule has 0 unspecified atom stereocenters. The number of rotatable bonds is 5. The number of anilines is 2. The zero-order valence-corrected chi connectivity index (χ0v) is 21.5. The summed E-state index contributed by atoms with van der Waals surface area (Å²) in [4.78, 5) is 24.5. The van der Waals surface area contributed by atoms with Crippen LogP contribution in [0.1, 0.15) is 46.5 Å². The van der Waals surface area contributed by atoms with Gasteiger partial charge in [0.2, 0.25) is 0 Å². The Morgan fingerprint density at radius 2 is 1.31 bits per heavy atom. The highest BCUT2D eigenvalue weighted by Gasteiger charge is 2.22. The number of pyridine rings is 2. The quantitative estimate of drug-likeness (QED) is 0.663. The highest BCUT2D eigenvalue weighted by molar-refractivity contribution is 5.67. The van der Waals surface area contributed by atoms with Crippen LogP contribution in [0.3, 0.4) is 0 Å². The summed E-state index contributed by atoms with van der Waals surface area (Å²) < 4.78 is 5.25. The van der Waals surface area contributed by atoms with E-state index in [1.54, 1.807) is 0 Å². The molecule has 0 aliphatic carbocycles. The summed E-state index contributed by atoms with van der Waals surface area (Å²) in [6.07, 6.45) is 11.6. The van der Waals surface area contributed by atoms with Gasteiger partial charge in [-0.2, -0.15) is 0 Å². The van der Waals surface area contributed by atoms with Gasteiger partial charge in [-0.15, -0.1) is 0 Å². The second-order valence-electron chi connectivity index (χ2n) is 10.4. The number of nitrogens with one attached hydrogen (secondary N) is 1. The maximum atomic E-state index is 11.6. The first-order valence-electron chi connectivity index (χ1n) is 12.8. The van der Waals surface area contributed by atoms with Crippen molar-refractivity contribution in [1.29, 1.82) is 0 Å². The first-order chi connectivity index (χ1) is 16.8. The van der Waals surface area contributed by atoms with Crippen molar-refractivity contribution >= 4 is 17.5 Å². The third kappa shape index (κ3) is 9.36. The molecule has 4 rings (SSSR count). The molecule has 0 spiro atoms. The number of piperidine rings is 2. The van der Waals surface area contributed by atoms with E-state index in [0.29, 0.717) is 12.5 Å². The van der Waals surface area contributed by atoms with E-state index in [4.69, 9.17) is 10.5 Å². The summed E-state index contributed by atoms with van der Waals surface area (Å²) in [6, 6.07) is 8.23. The van der Waals surface area contributed by atoms with Crippen molar-refractivity contribution in [3.05, 3.63) is 49.1 Å². The van der Waals surface area contributed by atoms with Crippen LogP contribution in [0.25, 0.3) is 0 Å². The summed E-state index contributed by atoms with van der Waals surface area (Å²) in [6.45, 7) is 11.5. The van der Waals surface area contributed by atoms with Crippen LogP contribution in [-0.2, 0) is 4.74 Å². The van der Waals surface area contributed by atoms with Gasteiger partial charge in [-0.1, -0.05) is 0 Å². The number of carbonyl (C=O) groups is 1. The lowest BCUT2D eigenvalue weighted by Crippen LogP contribution is -2.40. The Bertz CT molecular complexity index is 858. The Labute approximate surface area is 210 Å². The van der Waals surface area contributed by atoms with Gasteiger partial charge in [0, 0.05) is 68.9 Å². The molecule has 0 atom stereocenters. The number of aromatic nitrogens is 2. The standard InChI is InChI=1S/C16H25N3O2.C11H17N3/c1-16(2,3)21-15(20)18-12-13-6-10-19(11-7-13)14-4-8-17-9-5-14;12-9-10-3-7-14(8-4-10)11-1-5-13-6-2-11/h4-5,8-9,13H,6-7,10-12H2,1-3H3,(H,18,20);1-2,5-6,10H,3-4,7-9,12H2. The number of ether oxygens (including phenoxy) is 1. The number of amides is 1. The lowest BCUT2D eigenvalue weighted by atomic mass is 9.96. The average molecular weight is 483 g/mol. The van der Waals surface area contributed by atoms with Gasteiger partial charge >= 0.3 is 6.09 Å². The average Bonchev–Trinajstić information content (AvgIpc) is 2.88. The van der Waals surface area contributed by atoms with E-state index in [1.807, 2.05) is 57.7 Å². The van der Waals surface area contributed by atoms with Gasteiger partial charge in [0.15, 0.2) is 0 Å². The van der Waals surface area contributed by atoms with Crippen molar-refractivity contribution in [1.82, 2.24) is 15.3 Å². The molecule has 0 saturated carbocycles. The number of alkyl carbamates (subject to hydrolysis) is 1. The highest BCUT2D eigenvalue weighted by Crippen LogP contribution is 2.23. The first kappa shape index (κ1) is 26.7. The number of nitrogens with zero attached hydrogens (tertiary/aromatic N) is 4. The van der Waals surface area contributed by atoms with Crippen LogP contribution < -0.4 is 20.9 Å².